The molecule has 5 heteroatoms. The SMILES string of the molecule is CCOc1ccc(C(=O)Nc2cccc(-c3nc4cc(C(C)CC)ccc4o3)c2)cc1. The van der Waals surface area contributed by atoms with Gasteiger partial charge in [-0.15, -0.1) is 0 Å². The molecular formula is C26H26N2O3. The standard InChI is InChI=1S/C26H26N2O3/c1-4-17(3)19-11-14-24-23(16-19)28-26(31-24)20-7-6-8-21(15-20)27-25(29)18-9-12-22(13-10-18)30-5-2/h6-17H,4-5H2,1-3H3,(H,27,29). The summed E-state index contributed by atoms with van der Waals surface area (Å²) in [6, 6.07) is 20.8. The molecule has 1 atom stereocenters. The zero-order chi connectivity index (χ0) is 21.8. The van der Waals surface area contributed by atoms with Gasteiger partial charge < -0.3 is 14.5 Å². The van der Waals surface area contributed by atoms with E-state index in [-0.39, 0.29) is 5.91 Å². The average molecular weight is 415 g/mol. The highest BCUT2D eigenvalue weighted by Crippen LogP contribution is 2.29. The first-order chi connectivity index (χ1) is 15.1. The van der Waals surface area contributed by atoms with Crippen molar-refractivity contribution in [3.63, 3.8) is 0 Å². The fourth-order valence-electron chi connectivity index (χ4n) is 3.41. The van der Waals surface area contributed by atoms with Crippen LogP contribution < -0.4 is 10.1 Å². The van der Waals surface area contributed by atoms with E-state index in [2.05, 4.69) is 36.3 Å². The highest BCUT2D eigenvalue weighted by atomic mass is 16.5. The van der Waals surface area contributed by atoms with Gasteiger partial charge in [-0.1, -0.05) is 26.0 Å². The number of carbonyl (C=O) groups is 1. The van der Waals surface area contributed by atoms with Crippen LogP contribution in [-0.4, -0.2) is 17.5 Å². The Morgan fingerprint density at radius 2 is 1.87 bits per heavy atom. The number of hydrogen-bond acceptors (Lipinski definition) is 4. The third-order valence-electron chi connectivity index (χ3n) is 5.39. The number of oxazole rings is 1. The zero-order valence-corrected chi connectivity index (χ0v) is 18.0. The van der Waals surface area contributed by atoms with Crippen molar-refractivity contribution in [2.24, 2.45) is 0 Å². The Morgan fingerprint density at radius 1 is 1.06 bits per heavy atom. The van der Waals surface area contributed by atoms with Gasteiger partial charge in [0.1, 0.15) is 11.3 Å². The first-order valence-electron chi connectivity index (χ1n) is 10.6. The third-order valence-corrected chi connectivity index (χ3v) is 5.39. The predicted octanol–water partition coefficient (Wildman–Crippen LogP) is 6.66. The summed E-state index contributed by atoms with van der Waals surface area (Å²) in [5.74, 6) is 1.57. The Balaban J connectivity index is 1.54. The molecule has 1 unspecified atom stereocenters. The Labute approximate surface area is 182 Å². The Morgan fingerprint density at radius 3 is 2.61 bits per heavy atom. The van der Waals surface area contributed by atoms with Crippen LogP contribution in [0.5, 0.6) is 5.75 Å². The number of anilines is 1. The van der Waals surface area contributed by atoms with Gasteiger partial charge in [0.25, 0.3) is 5.91 Å². The second-order valence-corrected chi connectivity index (χ2v) is 7.55. The lowest BCUT2D eigenvalue weighted by Crippen LogP contribution is -2.11. The minimum absolute atomic E-state index is 0.184. The minimum Gasteiger partial charge on any atom is -0.494 e. The fraction of sp³-hybridized carbons (Fsp3) is 0.231. The summed E-state index contributed by atoms with van der Waals surface area (Å²) in [5, 5.41) is 2.94. The number of fused-ring (bicyclic) bond motifs is 1. The maximum Gasteiger partial charge on any atom is 0.255 e. The predicted molar refractivity (Wildman–Crippen MR) is 124 cm³/mol. The van der Waals surface area contributed by atoms with Crippen LogP contribution in [0.15, 0.2) is 71.1 Å². The summed E-state index contributed by atoms with van der Waals surface area (Å²) in [6.45, 7) is 6.90. The number of nitrogens with zero attached hydrogens (tertiary/aromatic N) is 1. The van der Waals surface area contributed by atoms with Gasteiger partial charge in [-0.3, -0.25) is 4.79 Å². The molecule has 1 aromatic heterocycles. The van der Waals surface area contributed by atoms with Crippen LogP contribution in [-0.2, 0) is 0 Å². The molecule has 1 N–H and O–H groups in total. The van der Waals surface area contributed by atoms with E-state index in [1.165, 1.54) is 5.56 Å². The summed E-state index contributed by atoms with van der Waals surface area (Å²) in [4.78, 5) is 17.3. The van der Waals surface area contributed by atoms with E-state index in [9.17, 15) is 4.79 Å². The van der Waals surface area contributed by atoms with E-state index < -0.39 is 0 Å². The van der Waals surface area contributed by atoms with Gasteiger partial charge in [-0.05, 0) is 79.4 Å². The molecule has 0 aliphatic rings. The molecule has 0 bridgehead atoms. The van der Waals surface area contributed by atoms with Crippen molar-refractivity contribution in [2.45, 2.75) is 33.1 Å². The topological polar surface area (TPSA) is 64.4 Å². The lowest BCUT2D eigenvalue weighted by Gasteiger charge is -2.07. The molecule has 0 fully saturated rings. The first kappa shape index (κ1) is 20.7. The summed E-state index contributed by atoms with van der Waals surface area (Å²) in [5.41, 5.74) is 4.91. The molecule has 158 valence electrons. The largest absolute Gasteiger partial charge is 0.494 e. The molecule has 5 nitrogen and oxygen atoms in total. The highest BCUT2D eigenvalue weighted by molar-refractivity contribution is 6.04. The maximum absolute atomic E-state index is 12.6. The Hall–Kier alpha value is -3.60. The minimum atomic E-state index is -0.184. The fourth-order valence-corrected chi connectivity index (χ4v) is 3.41. The summed E-state index contributed by atoms with van der Waals surface area (Å²) in [6.07, 6.45) is 1.08. The summed E-state index contributed by atoms with van der Waals surface area (Å²) < 4.78 is 11.4. The molecule has 4 rings (SSSR count). The van der Waals surface area contributed by atoms with Crippen molar-refractivity contribution in [3.8, 4) is 17.2 Å². The molecule has 1 amide bonds. The number of benzene rings is 3. The van der Waals surface area contributed by atoms with Crippen molar-refractivity contribution >= 4 is 22.7 Å². The van der Waals surface area contributed by atoms with Crippen molar-refractivity contribution in [1.29, 1.82) is 0 Å². The molecule has 4 aromatic rings. The normalized spacial score (nSPS) is 12.0. The number of amides is 1. The van der Waals surface area contributed by atoms with Crippen LogP contribution in [0.2, 0.25) is 0 Å². The molecule has 0 spiro atoms. The average Bonchev–Trinajstić information content (AvgIpc) is 3.23. The molecule has 3 aromatic carbocycles. The van der Waals surface area contributed by atoms with E-state index in [1.54, 1.807) is 24.3 Å². The van der Waals surface area contributed by atoms with Crippen molar-refractivity contribution < 1.29 is 13.9 Å². The van der Waals surface area contributed by atoms with Crippen LogP contribution in [0.25, 0.3) is 22.6 Å². The molecule has 1 heterocycles. The van der Waals surface area contributed by atoms with Gasteiger partial charge in [-0.25, -0.2) is 4.98 Å². The molecule has 31 heavy (non-hydrogen) atoms. The molecule has 0 radical (unpaired) electrons. The number of carbonyl (C=O) groups excluding carboxylic acids is 1. The van der Waals surface area contributed by atoms with Crippen molar-refractivity contribution in [1.82, 2.24) is 4.98 Å². The van der Waals surface area contributed by atoms with Gasteiger partial charge in [0.2, 0.25) is 5.89 Å². The maximum atomic E-state index is 12.6. The van der Waals surface area contributed by atoms with Gasteiger partial charge in [0, 0.05) is 16.8 Å². The number of hydrogen-bond donors (Lipinski definition) is 1. The Kier molecular flexibility index (Phi) is 6.03. The van der Waals surface area contributed by atoms with E-state index >= 15 is 0 Å². The van der Waals surface area contributed by atoms with E-state index in [4.69, 9.17) is 9.15 Å². The number of nitrogens with one attached hydrogen (secondary N) is 1. The van der Waals surface area contributed by atoms with E-state index in [1.807, 2.05) is 37.3 Å². The monoisotopic (exact) mass is 414 g/mol. The summed E-state index contributed by atoms with van der Waals surface area (Å²) >= 11 is 0. The van der Waals surface area contributed by atoms with Gasteiger partial charge in [0.05, 0.1) is 6.61 Å². The first-order valence-corrected chi connectivity index (χ1v) is 10.6. The van der Waals surface area contributed by atoms with E-state index in [0.717, 1.165) is 28.8 Å². The quantitative estimate of drug-likeness (QED) is 0.367. The van der Waals surface area contributed by atoms with Crippen LogP contribution in [0.1, 0.15) is 49.0 Å². The second kappa shape index (κ2) is 9.04. The smallest absolute Gasteiger partial charge is 0.255 e. The molecule has 0 saturated heterocycles. The number of aromatic nitrogens is 1. The molecular weight excluding hydrogens is 388 g/mol. The van der Waals surface area contributed by atoms with Crippen molar-refractivity contribution in [3.05, 3.63) is 77.9 Å². The van der Waals surface area contributed by atoms with Crippen LogP contribution in [0.4, 0.5) is 5.69 Å². The molecule has 0 aliphatic carbocycles. The molecule has 0 aliphatic heterocycles. The van der Waals surface area contributed by atoms with Crippen LogP contribution in [0.3, 0.4) is 0 Å². The number of rotatable bonds is 7. The van der Waals surface area contributed by atoms with Crippen molar-refractivity contribution in [2.75, 3.05) is 11.9 Å². The van der Waals surface area contributed by atoms with Gasteiger partial charge >= 0.3 is 0 Å². The zero-order valence-electron chi connectivity index (χ0n) is 18.0. The summed E-state index contributed by atoms with van der Waals surface area (Å²) in [7, 11) is 0. The Bertz CT molecular complexity index is 1190. The van der Waals surface area contributed by atoms with Gasteiger partial charge in [-0.2, -0.15) is 0 Å². The second-order valence-electron chi connectivity index (χ2n) is 7.55. The third kappa shape index (κ3) is 4.61. The van der Waals surface area contributed by atoms with E-state index in [0.29, 0.717) is 29.7 Å². The van der Waals surface area contributed by atoms with Gasteiger partial charge in [0.15, 0.2) is 5.58 Å². The van der Waals surface area contributed by atoms with Crippen LogP contribution >= 0.6 is 0 Å². The number of ether oxygens (including phenoxy) is 1. The highest BCUT2D eigenvalue weighted by Gasteiger charge is 2.12. The van der Waals surface area contributed by atoms with Crippen LogP contribution in [0, 0.1) is 0 Å². The lowest BCUT2D eigenvalue weighted by molar-refractivity contribution is 0.102. The molecule has 0 saturated carbocycles. The lowest BCUT2D eigenvalue weighted by atomic mass is 9.98.